The van der Waals surface area contributed by atoms with E-state index in [9.17, 15) is 0 Å². The van der Waals surface area contributed by atoms with Crippen molar-refractivity contribution in [1.29, 1.82) is 0 Å². The summed E-state index contributed by atoms with van der Waals surface area (Å²) in [5, 5.41) is 0. The molecule has 0 aliphatic rings. The molecule has 0 nitrogen and oxygen atoms in total. The summed E-state index contributed by atoms with van der Waals surface area (Å²) in [6.07, 6.45) is 1.23. The van der Waals surface area contributed by atoms with Gasteiger partial charge in [0.25, 0.3) is 0 Å². The lowest BCUT2D eigenvalue weighted by atomic mass is 9.65. The SMILES string of the molecule is C[C](C)CC(C)(C)C(C)(C)C. The van der Waals surface area contributed by atoms with Gasteiger partial charge in [-0.1, -0.05) is 48.5 Å². The third kappa shape index (κ3) is 3.27. The minimum Gasteiger partial charge on any atom is -0.0597 e. The maximum Gasteiger partial charge on any atom is -0.0297 e. The molecular weight excluding hydrogens is 132 g/mol. The lowest BCUT2D eigenvalue weighted by molar-refractivity contribution is 0.125. The van der Waals surface area contributed by atoms with Crippen molar-refractivity contribution in [1.82, 2.24) is 0 Å². The normalized spacial score (nSPS) is 14.2. The van der Waals surface area contributed by atoms with E-state index in [1.807, 2.05) is 0 Å². The van der Waals surface area contributed by atoms with E-state index in [4.69, 9.17) is 0 Å². The molecule has 0 atom stereocenters. The lowest BCUT2D eigenvalue weighted by Crippen LogP contribution is -2.30. The largest absolute Gasteiger partial charge is 0.0597 e. The average Bonchev–Trinajstić information content (AvgIpc) is 1.56. The first kappa shape index (κ1) is 11.0. The molecule has 0 unspecified atom stereocenters. The van der Waals surface area contributed by atoms with Crippen LogP contribution in [0.4, 0.5) is 0 Å². The van der Waals surface area contributed by atoms with Crippen LogP contribution in [0.2, 0.25) is 0 Å². The van der Waals surface area contributed by atoms with Gasteiger partial charge in [0.2, 0.25) is 0 Å². The average molecular weight is 155 g/mol. The second-order valence-corrected chi connectivity index (χ2v) is 5.52. The zero-order valence-corrected chi connectivity index (χ0v) is 9.21. The Kier molecular flexibility index (Phi) is 3.16. The third-order valence-electron chi connectivity index (χ3n) is 2.83. The molecule has 0 heteroatoms. The molecule has 0 aromatic rings. The molecule has 0 N–H and O–H groups in total. The summed E-state index contributed by atoms with van der Waals surface area (Å²) in [5.74, 6) is 1.53. The molecule has 67 valence electrons. The van der Waals surface area contributed by atoms with Gasteiger partial charge in [0.05, 0.1) is 0 Å². The first-order valence-corrected chi connectivity index (χ1v) is 4.46. The maximum atomic E-state index is 2.35. The summed E-state index contributed by atoms with van der Waals surface area (Å²) < 4.78 is 0. The van der Waals surface area contributed by atoms with Crippen molar-refractivity contribution < 1.29 is 0 Å². The van der Waals surface area contributed by atoms with Crippen LogP contribution < -0.4 is 0 Å². The third-order valence-corrected chi connectivity index (χ3v) is 2.83. The molecule has 0 saturated carbocycles. The van der Waals surface area contributed by atoms with Gasteiger partial charge in [0, 0.05) is 0 Å². The Morgan fingerprint density at radius 3 is 1.36 bits per heavy atom. The second kappa shape index (κ2) is 3.16. The van der Waals surface area contributed by atoms with Gasteiger partial charge in [-0.25, -0.2) is 0 Å². The fraction of sp³-hybridized carbons (Fsp3) is 0.909. The molecule has 11 heavy (non-hydrogen) atoms. The summed E-state index contributed by atoms with van der Waals surface area (Å²) in [6, 6.07) is 0. The molecule has 0 amide bonds. The van der Waals surface area contributed by atoms with E-state index in [2.05, 4.69) is 48.5 Å². The lowest BCUT2D eigenvalue weighted by Gasteiger charge is -2.40. The highest BCUT2D eigenvalue weighted by Gasteiger charge is 2.32. The molecule has 0 heterocycles. The Balaban J connectivity index is 4.22. The monoisotopic (exact) mass is 155 g/mol. The predicted molar refractivity (Wildman–Crippen MR) is 52.4 cm³/mol. The van der Waals surface area contributed by atoms with Crippen LogP contribution in [0.1, 0.15) is 54.9 Å². The Hall–Kier alpha value is 0. The maximum absolute atomic E-state index is 2.35. The van der Waals surface area contributed by atoms with Crippen molar-refractivity contribution >= 4 is 0 Å². The van der Waals surface area contributed by atoms with Crippen LogP contribution in [0.5, 0.6) is 0 Å². The Labute approximate surface area is 72.4 Å². The Bertz CT molecular complexity index is 112. The number of rotatable bonds is 2. The van der Waals surface area contributed by atoms with Crippen molar-refractivity contribution in [3.05, 3.63) is 5.92 Å². The Morgan fingerprint density at radius 1 is 0.909 bits per heavy atom. The first-order valence-electron chi connectivity index (χ1n) is 4.46. The smallest absolute Gasteiger partial charge is 0.0297 e. The first-order chi connectivity index (χ1) is 4.67. The standard InChI is InChI=1S/C11H23/c1-9(2)8-11(6,7)10(3,4)5/h8H2,1-7H3. The highest BCUT2D eigenvalue weighted by Crippen LogP contribution is 2.42. The zero-order chi connectivity index (χ0) is 9.28. The number of hydrogen-bond donors (Lipinski definition) is 0. The molecule has 1 radical (unpaired) electrons. The van der Waals surface area contributed by atoms with Crippen molar-refractivity contribution in [2.75, 3.05) is 0 Å². The van der Waals surface area contributed by atoms with Gasteiger partial charge in [-0.15, -0.1) is 0 Å². The van der Waals surface area contributed by atoms with Crippen molar-refractivity contribution in [3.63, 3.8) is 0 Å². The zero-order valence-electron chi connectivity index (χ0n) is 9.21. The molecule has 0 aromatic heterocycles. The van der Waals surface area contributed by atoms with Gasteiger partial charge in [0.1, 0.15) is 0 Å². The van der Waals surface area contributed by atoms with Crippen molar-refractivity contribution in [2.45, 2.75) is 54.9 Å². The predicted octanol–water partition coefficient (Wildman–Crippen LogP) is 4.06. The quantitative estimate of drug-likeness (QED) is 0.564. The van der Waals surface area contributed by atoms with E-state index in [1.165, 1.54) is 12.3 Å². The molecule has 0 bridgehead atoms. The van der Waals surface area contributed by atoms with Crippen LogP contribution in [-0.2, 0) is 0 Å². The van der Waals surface area contributed by atoms with Gasteiger partial charge in [-0.05, 0) is 23.2 Å². The van der Waals surface area contributed by atoms with Crippen molar-refractivity contribution in [3.8, 4) is 0 Å². The van der Waals surface area contributed by atoms with Crippen molar-refractivity contribution in [2.24, 2.45) is 10.8 Å². The molecular formula is C11H23. The minimum atomic E-state index is 0.407. The summed E-state index contributed by atoms with van der Waals surface area (Å²) in [5.41, 5.74) is 0.829. The highest BCUT2D eigenvalue weighted by molar-refractivity contribution is 4.91. The van der Waals surface area contributed by atoms with E-state index in [0.29, 0.717) is 10.8 Å². The molecule has 0 aliphatic heterocycles. The van der Waals surface area contributed by atoms with E-state index < -0.39 is 0 Å². The van der Waals surface area contributed by atoms with E-state index in [0.717, 1.165) is 0 Å². The summed E-state index contributed by atoms with van der Waals surface area (Å²) in [6.45, 7) is 16.1. The molecule has 0 fully saturated rings. The van der Waals surface area contributed by atoms with E-state index in [-0.39, 0.29) is 0 Å². The fourth-order valence-corrected chi connectivity index (χ4v) is 1.15. The van der Waals surface area contributed by atoms with Gasteiger partial charge in [-0.3, -0.25) is 0 Å². The second-order valence-electron chi connectivity index (χ2n) is 5.52. The van der Waals surface area contributed by atoms with Crippen LogP contribution in [0.3, 0.4) is 0 Å². The van der Waals surface area contributed by atoms with Gasteiger partial charge >= 0.3 is 0 Å². The summed E-state index contributed by atoms with van der Waals surface area (Å²) in [7, 11) is 0. The van der Waals surface area contributed by atoms with Gasteiger partial charge in [0.15, 0.2) is 0 Å². The van der Waals surface area contributed by atoms with E-state index in [1.54, 1.807) is 0 Å². The molecule has 0 aromatic carbocycles. The van der Waals surface area contributed by atoms with Gasteiger partial charge < -0.3 is 0 Å². The topological polar surface area (TPSA) is 0 Å². The molecule has 0 aliphatic carbocycles. The van der Waals surface area contributed by atoms with Crippen LogP contribution in [0, 0.1) is 16.7 Å². The molecule has 0 spiro atoms. The highest BCUT2D eigenvalue weighted by atomic mass is 14.4. The van der Waals surface area contributed by atoms with Gasteiger partial charge in [-0.2, -0.15) is 0 Å². The summed E-state index contributed by atoms with van der Waals surface area (Å²) >= 11 is 0. The van der Waals surface area contributed by atoms with Crippen LogP contribution in [-0.4, -0.2) is 0 Å². The molecule has 0 rings (SSSR count). The summed E-state index contributed by atoms with van der Waals surface area (Å²) in [4.78, 5) is 0. The Morgan fingerprint density at radius 2 is 1.27 bits per heavy atom. The minimum absolute atomic E-state index is 0.407. The van der Waals surface area contributed by atoms with Crippen LogP contribution in [0.15, 0.2) is 0 Å². The number of hydrogen-bond acceptors (Lipinski definition) is 0. The molecule has 0 saturated heterocycles. The van der Waals surface area contributed by atoms with Crippen LogP contribution in [0.25, 0.3) is 0 Å². The van der Waals surface area contributed by atoms with E-state index >= 15 is 0 Å². The fourth-order valence-electron chi connectivity index (χ4n) is 1.15. The van der Waals surface area contributed by atoms with Crippen LogP contribution >= 0.6 is 0 Å².